The minimum absolute atomic E-state index is 0.170. The molecule has 2 aromatic carbocycles. The maximum absolute atomic E-state index is 13.7. The van der Waals surface area contributed by atoms with Crippen LogP contribution in [0.3, 0.4) is 0 Å². The zero-order valence-electron chi connectivity index (χ0n) is 14.5. The molecule has 5 nitrogen and oxygen atoms in total. The van der Waals surface area contributed by atoms with Crippen molar-refractivity contribution in [2.24, 2.45) is 5.92 Å². The minimum atomic E-state index is -0.464. The van der Waals surface area contributed by atoms with Crippen molar-refractivity contribution >= 4 is 17.6 Å². The van der Waals surface area contributed by atoms with E-state index in [1.54, 1.807) is 17.0 Å². The Hall–Kier alpha value is -2.89. The number of likely N-dealkylation sites (tertiary alicyclic amines) is 1. The second kappa shape index (κ2) is 8.47. The van der Waals surface area contributed by atoms with Gasteiger partial charge in [0.1, 0.15) is 5.82 Å². The van der Waals surface area contributed by atoms with Crippen molar-refractivity contribution in [3.05, 3.63) is 66.0 Å². The Morgan fingerprint density at radius 1 is 1.08 bits per heavy atom. The zero-order valence-corrected chi connectivity index (χ0v) is 14.5. The number of para-hydroxylation sites is 1. The topological polar surface area (TPSA) is 61.4 Å². The summed E-state index contributed by atoms with van der Waals surface area (Å²) in [6.07, 6.45) is 1.43. The van der Waals surface area contributed by atoms with E-state index >= 15 is 0 Å². The minimum Gasteiger partial charge on any atom is -0.334 e. The fourth-order valence-electron chi connectivity index (χ4n) is 3.06. The molecule has 1 saturated heterocycles. The zero-order chi connectivity index (χ0) is 18.4. The molecule has 0 spiro atoms. The number of halogens is 1. The van der Waals surface area contributed by atoms with Crippen LogP contribution in [-0.2, 0) is 11.3 Å². The molecule has 1 atom stereocenters. The number of carbonyl (C=O) groups excluding carboxylic acids is 2. The number of rotatable bonds is 4. The summed E-state index contributed by atoms with van der Waals surface area (Å²) in [6, 6.07) is 15.6. The molecule has 2 aromatic rings. The standard InChI is InChI=1S/C20H22FN3O2/c21-17-10-4-5-11-18(17)23-19(25)16-9-6-12-24(14-16)20(26)22-13-15-7-2-1-3-8-15/h1-5,7-8,10-11,16H,6,9,12-14H2,(H,22,26)(H,23,25). The molecule has 6 heteroatoms. The van der Waals surface area contributed by atoms with Gasteiger partial charge in [0.2, 0.25) is 5.91 Å². The van der Waals surface area contributed by atoms with Crippen LogP contribution in [0.5, 0.6) is 0 Å². The van der Waals surface area contributed by atoms with Crippen molar-refractivity contribution < 1.29 is 14.0 Å². The van der Waals surface area contributed by atoms with Gasteiger partial charge in [-0.15, -0.1) is 0 Å². The summed E-state index contributed by atoms with van der Waals surface area (Å²) in [5.74, 6) is -1.06. The van der Waals surface area contributed by atoms with Gasteiger partial charge in [0.05, 0.1) is 11.6 Å². The van der Waals surface area contributed by atoms with Gasteiger partial charge in [-0.25, -0.2) is 9.18 Å². The summed E-state index contributed by atoms with van der Waals surface area (Å²) in [7, 11) is 0. The third kappa shape index (κ3) is 4.59. The van der Waals surface area contributed by atoms with Gasteiger partial charge >= 0.3 is 6.03 Å². The first kappa shape index (κ1) is 17.9. The Morgan fingerprint density at radius 3 is 2.58 bits per heavy atom. The van der Waals surface area contributed by atoms with Crippen LogP contribution in [0.2, 0.25) is 0 Å². The van der Waals surface area contributed by atoms with Crippen LogP contribution in [-0.4, -0.2) is 29.9 Å². The quantitative estimate of drug-likeness (QED) is 0.883. The Labute approximate surface area is 152 Å². The lowest BCUT2D eigenvalue weighted by Gasteiger charge is -2.32. The van der Waals surface area contributed by atoms with E-state index in [0.717, 1.165) is 12.0 Å². The van der Waals surface area contributed by atoms with Gasteiger partial charge < -0.3 is 15.5 Å². The average Bonchev–Trinajstić information content (AvgIpc) is 2.69. The van der Waals surface area contributed by atoms with Gasteiger partial charge in [0.15, 0.2) is 0 Å². The smallest absolute Gasteiger partial charge is 0.317 e. The van der Waals surface area contributed by atoms with E-state index in [2.05, 4.69) is 10.6 Å². The SMILES string of the molecule is O=C(Nc1ccccc1F)C1CCCN(C(=O)NCc2ccccc2)C1. The molecule has 1 unspecified atom stereocenters. The molecular weight excluding hydrogens is 333 g/mol. The number of anilines is 1. The van der Waals surface area contributed by atoms with Crippen LogP contribution >= 0.6 is 0 Å². The molecule has 0 aliphatic carbocycles. The second-order valence-corrected chi connectivity index (χ2v) is 6.40. The number of amides is 3. The maximum Gasteiger partial charge on any atom is 0.317 e. The van der Waals surface area contributed by atoms with Crippen LogP contribution in [0.1, 0.15) is 18.4 Å². The molecule has 136 valence electrons. The molecule has 2 N–H and O–H groups in total. The molecule has 1 heterocycles. The summed E-state index contributed by atoms with van der Waals surface area (Å²) in [5, 5.41) is 5.51. The molecule has 0 radical (unpaired) electrons. The summed E-state index contributed by atoms with van der Waals surface area (Å²) < 4.78 is 13.7. The third-order valence-corrected chi connectivity index (χ3v) is 4.50. The molecule has 0 bridgehead atoms. The normalized spacial score (nSPS) is 16.8. The van der Waals surface area contributed by atoms with Crippen LogP contribution < -0.4 is 10.6 Å². The first-order valence-electron chi connectivity index (χ1n) is 8.75. The highest BCUT2D eigenvalue weighted by atomic mass is 19.1. The summed E-state index contributed by atoms with van der Waals surface area (Å²) in [4.78, 5) is 26.5. The average molecular weight is 355 g/mol. The van der Waals surface area contributed by atoms with E-state index in [1.165, 1.54) is 12.1 Å². The first-order valence-corrected chi connectivity index (χ1v) is 8.75. The van der Waals surface area contributed by atoms with Gasteiger partial charge in [-0.1, -0.05) is 42.5 Å². The van der Waals surface area contributed by atoms with Crippen molar-refractivity contribution in [3.63, 3.8) is 0 Å². The number of nitrogens with one attached hydrogen (secondary N) is 2. The van der Waals surface area contributed by atoms with E-state index in [0.29, 0.717) is 26.1 Å². The van der Waals surface area contributed by atoms with Crippen LogP contribution in [0.15, 0.2) is 54.6 Å². The van der Waals surface area contributed by atoms with E-state index in [9.17, 15) is 14.0 Å². The predicted octanol–water partition coefficient (Wildman–Crippen LogP) is 3.39. The Kier molecular flexibility index (Phi) is 5.84. The Morgan fingerprint density at radius 2 is 1.81 bits per heavy atom. The van der Waals surface area contributed by atoms with Gasteiger partial charge in [-0.3, -0.25) is 4.79 Å². The molecule has 0 aromatic heterocycles. The van der Waals surface area contributed by atoms with E-state index in [-0.39, 0.29) is 23.5 Å². The second-order valence-electron chi connectivity index (χ2n) is 6.40. The van der Waals surface area contributed by atoms with Gasteiger partial charge in [0.25, 0.3) is 0 Å². The highest BCUT2D eigenvalue weighted by Gasteiger charge is 2.28. The summed E-state index contributed by atoms with van der Waals surface area (Å²) in [6.45, 7) is 1.40. The van der Waals surface area contributed by atoms with Crippen molar-refractivity contribution in [3.8, 4) is 0 Å². The van der Waals surface area contributed by atoms with Crippen LogP contribution in [0.4, 0.5) is 14.9 Å². The molecule has 1 aliphatic heterocycles. The van der Waals surface area contributed by atoms with E-state index < -0.39 is 5.82 Å². The summed E-state index contributed by atoms with van der Waals surface area (Å²) in [5.41, 5.74) is 1.19. The number of nitrogens with zero attached hydrogens (tertiary/aromatic N) is 1. The van der Waals surface area contributed by atoms with Gasteiger partial charge in [0, 0.05) is 19.6 Å². The third-order valence-electron chi connectivity index (χ3n) is 4.50. The number of urea groups is 1. The monoisotopic (exact) mass is 355 g/mol. The molecule has 0 saturated carbocycles. The number of hydrogen-bond acceptors (Lipinski definition) is 2. The molecule has 3 rings (SSSR count). The van der Waals surface area contributed by atoms with E-state index in [1.807, 2.05) is 30.3 Å². The molecule has 1 fully saturated rings. The lowest BCUT2D eigenvalue weighted by molar-refractivity contribution is -0.121. The van der Waals surface area contributed by atoms with Gasteiger partial charge in [-0.2, -0.15) is 0 Å². The molecule has 3 amide bonds. The maximum atomic E-state index is 13.7. The number of benzene rings is 2. The van der Waals surface area contributed by atoms with Crippen molar-refractivity contribution in [2.75, 3.05) is 18.4 Å². The highest BCUT2D eigenvalue weighted by molar-refractivity contribution is 5.93. The predicted molar refractivity (Wildman–Crippen MR) is 98.0 cm³/mol. The van der Waals surface area contributed by atoms with Crippen molar-refractivity contribution in [2.45, 2.75) is 19.4 Å². The lowest BCUT2D eigenvalue weighted by Crippen LogP contribution is -2.47. The van der Waals surface area contributed by atoms with Crippen LogP contribution in [0, 0.1) is 11.7 Å². The molecule has 1 aliphatic rings. The lowest BCUT2D eigenvalue weighted by atomic mass is 9.97. The number of hydrogen-bond donors (Lipinski definition) is 2. The summed E-state index contributed by atoms with van der Waals surface area (Å²) >= 11 is 0. The number of piperidine rings is 1. The number of carbonyl (C=O) groups is 2. The molecule has 26 heavy (non-hydrogen) atoms. The Bertz CT molecular complexity index is 767. The van der Waals surface area contributed by atoms with Crippen molar-refractivity contribution in [1.29, 1.82) is 0 Å². The highest BCUT2D eigenvalue weighted by Crippen LogP contribution is 2.20. The first-order chi connectivity index (χ1) is 12.6. The Balaban J connectivity index is 1.54. The molecular formula is C20H22FN3O2. The fourth-order valence-corrected chi connectivity index (χ4v) is 3.06. The van der Waals surface area contributed by atoms with E-state index in [4.69, 9.17) is 0 Å². The van der Waals surface area contributed by atoms with Crippen LogP contribution in [0.25, 0.3) is 0 Å². The fraction of sp³-hybridized carbons (Fsp3) is 0.300. The van der Waals surface area contributed by atoms with Gasteiger partial charge in [-0.05, 0) is 30.5 Å². The largest absolute Gasteiger partial charge is 0.334 e. The van der Waals surface area contributed by atoms with Crippen molar-refractivity contribution in [1.82, 2.24) is 10.2 Å².